The summed E-state index contributed by atoms with van der Waals surface area (Å²) >= 11 is 0. The fourth-order valence-corrected chi connectivity index (χ4v) is 16.4. The molecule has 12 heteroatoms. The van der Waals surface area contributed by atoms with Crippen LogP contribution in [0.2, 0.25) is 0 Å². The SMILES string of the molecule is N#Cc1cc(-c2ccc(-c3cccc(N4c5ccccc5N(c5ccccc5)c5ccccc54)c3)cc2)ccn1.N#Cc1ccncc1-c1ccc(-c2cccc(N3c4ccccc4N(c4ccccc4)c4ccccc43)c2)cc1.N#Cc1cnccc1-c1ccc(-c2cccc(N3c4ccccc4N(c4ccccc4)c4ccccc43)c2)cc1. The van der Waals surface area contributed by atoms with Gasteiger partial charge in [-0.3, -0.25) is 9.97 Å². The average Bonchev–Trinajstić information content (AvgIpc) is 0.743. The lowest BCUT2D eigenvalue weighted by Gasteiger charge is -2.40. The van der Waals surface area contributed by atoms with E-state index in [4.69, 9.17) is 0 Å². The van der Waals surface area contributed by atoms with E-state index < -0.39 is 0 Å². The number of benzene rings is 15. The van der Waals surface area contributed by atoms with E-state index >= 15 is 0 Å². The van der Waals surface area contributed by atoms with Crippen LogP contribution in [-0.4, -0.2) is 15.0 Å². The van der Waals surface area contributed by atoms with E-state index in [1.54, 1.807) is 37.1 Å². The molecule has 0 saturated heterocycles. The van der Waals surface area contributed by atoms with Gasteiger partial charge in [-0.25, -0.2) is 4.98 Å². The van der Waals surface area contributed by atoms with E-state index in [1.165, 1.54) is 0 Å². The van der Waals surface area contributed by atoms with Gasteiger partial charge in [0.05, 0.1) is 85.4 Å². The standard InChI is InChI=1S/3C36H24N4/c37-25-30-23-29(21-22-38-30)27-19-17-26(18-20-27)28-9-8-12-32(24-28)40-35-15-6-4-13-33(35)39(31-10-2-1-3-11-31)34-14-5-7-16-36(34)40;37-24-29-25-38-22-21-32(29)27-19-17-26(18-20-27)28-9-8-12-31(23-28)40-35-15-6-4-13-33(35)39(30-10-2-1-3-11-30)34-14-5-7-16-36(34)40;37-24-29-21-22-38-25-32(29)27-19-17-26(18-20-27)28-9-8-12-31(23-28)40-35-15-6-4-13-33(35)39(30-10-2-1-3-11-30)34-14-5-7-16-36(34)40/h1-24H;2*1-23,25H. The summed E-state index contributed by atoms with van der Waals surface area (Å²) in [6.45, 7) is 0. The molecule has 0 N–H and O–H groups in total. The molecule has 3 aromatic heterocycles. The van der Waals surface area contributed by atoms with Gasteiger partial charge in [-0.2, -0.15) is 15.8 Å². The zero-order valence-electron chi connectivity index (χ0n) is 64.9. The maximum absolute atomic E-state index is 9.50. The smallest absolute Gasteiger partial charge is 0.141 e. The van der Waals surface area contributed by atoms with E-state index in [0.717, 1.165) is 169 Å². The van der Waals surface area contributed by atoms with Gasteiger partial charge in [0, 0.05) is 76.2 Å². The largest absolute Gasteiger partial charge is 0.306 e. The van der Waals surface area contributed by atoms with E-state index in [-0.39, 0.29) is 0 Å². The van der Waals surface area contributed by atoms with Crippen molar-refractivity contribution in [1.82, 2.24) is 15.0 Å². The number of hydrogen-bond acceptors (Lipinski definition) is 12. The normalized spacial score (nSPS) is 11.9. The van der Waals surface area contributed by atoms with Gasteiger partial charge in [0.15, 0.2) is 0 Å². The van der Waals surface area contributed by atoms with Crippen molar-refractivity contribution >= 4 is 102 Å². The third-order valence-corrected chi connectivity index (χ3v) is 21.9. The molecule has 0 amide bonds. The van der Waals surface area contributed by atoms with Crippen LogP contribution in [0.25, 0.3) is 66.8 Å². The maximum Gasteiger partial charge on any atom is 0.141 e. The fraction of sp³-hybridized carbons (Fsp3) is 0. The van der Waals surface area contributed by atoms with Gasteiger partial charge < -0.3 is 29.4 Å². The highest BCUT2D eigenvalue weighted by molar-refractivity contribution is 6.05. The van der Waals surface area contributed by atoms with Gasteiger partial charge in [-0.05, 0) is 225 Å². The van der Waals surface area contributed by atoms with Crippen molar-refractivity contribution in [3.8, 4) is 85.0 Å². The summed E-state index contributed by atoms with van der Waals surface area (Å²) in [5.41, 5.74) is 34.3. The van der Waals surface area contributed by atoms with Crippen molar-refractivity contribution in [2.24, 2.45) is 0 Å². The van der Waals surface area contributed by atoms with Gasteiger partial charge in [0.2, 0.25) is 0 Å². The molecule has 12 nitrogen and oxygen atoms in total. The first kappa shape index (κ1) is 73.2. The summed E-state index contributed by atoms with van der Waals surface area (Å²) in [4.78, 5) is 26.4. The molecule has 0 spiro atoms. The summed E-state index contributed by atoms with van der Waals surface area (Å²) < 4.78 is 0. The molecular weight excluding hydrogens is 1470 g/mol. The number of para-hydroxylation sites is 15. The van der Waals surface area contributed by atoms with E-state index in [9.17, 15) is 15.8 Å². The Morgan fingerprint density at radius 2 is 0.450 bits per heavy atom. The minimum atomic E-state index is 0.419. The third-order valence-electron chi connectivity index (χ3n) is 21.9. The second-order valence-corrected chi connectivity index (χ2v) is 28.9. The number of hydrogen-bond donors (Lipinski definition) is 0. The highest BCUT2D eigenvalue weighted by atomic mass is 15.3. The Labute approximate surface area is 697 Å². The van der Waals surface area contributed by atoms with Crippen LogP contribution in [0, 0.1) is 34.0 Å². The van der Waals surface area contributed by atoms with Gasteiger partial charge in [-0.15, -0.1) is 0 Å². The number of nitrogens with zero attached hydrogens (tertiary/aromatic N) is 12. The lowest BCUT2D eigenvalue weighted by atomic mass is 9.98. The summed E-state index contributed by atoms with van der Waals surface area (Å²) in [7, 11) is 0. The Balaban J connectivity index is 0.000000119. The van der Waals surface area contributed by atoms with Crippen LogP contribution in [0.15, 0.2) is 437 Å². The number of pyridine rings is 3. The van der Waals surface area contributed by atoms with Crippen molar-refractivity contribution in [1.29, 1.82) is 15.8 Å². The zero-order valence-corrected chi connectivity index (χ0v) is 64.9. The maximum atomic E-state index is 9.50. The minimum Gasteiger partial charge on any atom is -0.306 e. The Morgan fingerprint density at radius 1 is 0.183 bits per heavy atom. The predicted octanol–water partition coefficient (Wildman–Crippen LogP) is 28.6. The summed E-state index contributed by atoms with van der Waals surface area (Å²) in [6.07, 6.45) is 8.41. The van der Waals surface area contributed by atoms with E-state index in [1.807, 2.05) is 18.2 Å². The van der Waals surface area contributed by atoms with Gasteiger partial charge in [0.1, 0.15) is 17.8 Å². The molecule has 564 valence electrons. The molecule has 0 atom stereocenters. The first-order valence-corrected chi connectivity index (χ1v) is 39.6. The van der Waals surface area contributed by atoms with Crippen molar-refractivity contribution in [3.05, 3.63) is 454 Å². The summed E-state index contributed by atoms with van der Waals surface area (Å²) in [5.74, 6) is 0. The molecule has 0 radical (unpaired) electrons. The number of rotatable bonds is 12. The van der Waals surface area contributed by atoms with Crippen molar-refractivity contribution in [2.75, 3.05) is 29.4 Å². The molecule has 0 fully saturated rings. The lowest BCUT2D eigenvalue weighted by Crippen LogP contribution is -2.23. The Hall–Kier alpha value is -17.0. The van der Waals surface area contributed by atoms with Crippen LogP contribution >= 0.6 is 0 Å². The number of aromatic nitrogens is 3. The molecule has 0 saturated carbocycles. The number of fused-ring (bicyclic) bond motifs is 6. The van der Waals surface area contributed by atoms with Crippen LogP contribution in [0.4, 0.5) is 102 Å². The average molecular weight is 1540 g/mol. The molecule has 6 heterocycles. The first-order valence-electron chi connectivity index (χ1n) is 39.6. The highest BCUT2D eigenvalue weighted by Gasteiger charge is 2.34. The predicted molar refractivity (Wildman–Crippen MR) is 488 cm³/mol. The van der Waals surface area contributed by atoms with E-state index in [2.05, 4.69) is 445 Å². The quantitative estimate of drug-likeness (QED) is 0.115. The molecule has 0 bridgehead atoms. The second-order valence-electron chi connectivity index (χ2n) is 28.9. The monoisotopic (exact) mass is 1540 g/mol. The van der Waals surface area contributed by atoms with Crippen molar-refractivity contribution < 1.29 is 0 Å². The molecule has 15 aromatic carbocycles. The summed E-state index contributed by atoms with van der Waals surface area (Å²) in [5, 5.41) is 28.2. The van der Waals surface area contributed by atoms with Crippen LogP contribution in [0.1, 0.15) is 16.8 Å². The molecule has 0 unspecified atom stereocenters. The molecule has 21 rings (SSSR count). The van der Waals surface area contributed by atoms with Crippen LogP contribution in [0.3, 0.4) is 0 Å². The first-order chi connectivity index (χ1) is 59.4. The topological polar surface area (TPSA) is 129 Å². The minimum absolute atomic E-state index is 0.419. The number of anilines is 18. The zero-order chi connectivity index (χ0) is 80.7. The van der Waals surface area contributed by atoms with Crippen molar-refractivity contribution in [3.63, 3.8) is 0 Å². The number of nitriles is 3. The Kier molecular flexibility index (Phi) is 20.0. The fourth-order valence-electron chi connectivity index (χ4n) is 16.4. The second kappa shape index (κ2) is 32.9. The Bertz CT molecular complexity index is 6520. The van der Waals surface area contributed by atoms with Crippen LogP contribution in [-0.2, 0) is 0 Å². The summed E-state index contributed by atoms with van der Waals surface area (Å²) in [6, 6.07) is 148. The van der Waals surface area contributed by atoms with Crippen LogP contribution in [0.5, 0.6) is 0 Å². The van der Waals surface area contributed by atoms with Crippen LogP contribution < -0.4 is 29.4 Å². The van der Waals surface area contributed by atoms with Gasteiger partial charge >= 0.3 is 0 Å². The van der Waals surface area contributed by atoms with Crippen molar-refractivity contribution in [2.45, 2.75) is 0 Å². The molecule has 0 aliphatic carbocycles. The molecule has 3 aliphatic rings. The van der Waals surface area contributed by atoms with Gasteiger partial charge in [-0.1, -0.05) is 237 Å². The Morgan fingerprint density at radius 3 is 0.767 bits per heavy atom. The molecular formula is C108H72N12. The van der Waals surface area contributed by atoms with E-state index in [0.29, 0.717) is 16.8 Å². The third kappa shape index (κ3) is 14.2. The highest BCUT2D eigenvalue weighted by Crippen LogP contribution is 2.58. The molecule has 3 aliphatic heterocycles. The van der Waals surface area contributed by atoms with Gasteiger partial charge in [0.25, 0.3) is 0 Å². The molecule has 120 heavy (non-hydrogen) atoms. The lowest BCUT2D eigenvalue weighted by molar-refractivity contribution is 1.17. The molecule has 18 aromatic rings.